The fraction of sp³-hybridized carbons (Fsp3) is 0.273. The number of amides is 1. The summed E-state index contributed by atoms with van der Waals surface area (Å²) in [6.45, 7) is 3.40. The maximum absolute atomic E-state index is 12.0. The third kappa shape index (κ3) is 3.38. The van der Waals surface area contributed by atoms with Gasteiger partial charge in [-0.15, -0.1) is 0 Å². The van der Waals surface area contributed by atoms with Crippen molar-refractivity contribution in [1.82, 2.24) is 15.4 Å². The van der Waals surface area contributed by atoms with Gasteiger partial charge in [0.1, 0.15) is 11.5 Å². The molecule has 5 nitrogen and oxygen atoms in total. The van der Waals surface area contributed by atoms with Crippen molar-refractivity contribution in [3.8, 4) is 22.4 Å². The molecule has 0 bridgehead atoms. The lowest BCUT2D eigenvalue weighted by Crippen LogP contribution is -2.45. The number of hydrogen-bond donors (Lipinski definition) is 1. The first-order valence-electron chi connectivity index (χ1n) is 9.26. The first-order chi connectivity index (χ1) is 13.2. The van der Waals surface area contributed by atoms with E-state index in [2.05, 4.69) is 51.8 Å². The van der Waals surface area contributed by atoms with Crippen LogP contribution < -0.4 is 5.32 Å². The number of benzene rings is 2. The van der Waals surface area contributed by atoms with Crippen molar-refractivity contribution in [2.24, 2.45) is 0 Å². The lowest BCUT2D eigenvalue weighted by molar-refractivity contribution is -0.125. The number of hydrogen-bond acceptors (Lipinski definition) is 4. The molecule has 1 aromatic heterocycles. The van der Waals surface area contributed by atoms with Crippen LogP contribution in [0.2, 0.25) is 0 Å². The number of rotatable bonds is 4. The second-order valence-corrected chi connectivity index (χ2v) is 6.89. The first-order valence-corrected chi connectivity index (χ1v) is 9.26. The quantitative estimate of drug-likeness (QED) is 0.773. The third-order valence-corrected chi connectivity index (χ3v) is 5.30. The van der Waals surface area contributed by atoms with E-state index in [1.165, 1.54) is 11.1 Å². The predicted molar refractivity (Wildman–Crippen MR) is 105 cm³/mol. The molecule has 2 heterocycles. The van der Waals surface area contributed by atoms with Crippen molar-refractivity contribution in [3.63, 3.8) is 0 Å². The molecular formula is C22H23N3O2. The van der Waals surface area contributed by atoms with E-state index >= 15 is 0 Å². The topological polar surface area (TPSA) is 58.4 Å². The highest BCUT2D eigenvalue weighted by Gasteiger charge is 2.29. The average molecular weight is 361 g/mol. The number of aromatic nitrogens is 1. The van der Waals surface area contributed by atoms with E-state index in [4.69, 9.17) is 4.52 Å². The Kier molecular flexibility index (Phi) is 4.77. The molecule has 0 radical (unpaired) electrons. The van der Waals surface area contributed by atoms with Gasteiger partial charge < -0.3 is 9.84 Å². The van der Waals surface area contributed by atoms with E-state index in [0.29, 0.717) is 6.54 Å². The van der Waals surface area contributed by atoms with Crippen LogP contribution in [0.3, 0.4) is 0 Å². The Bertz CT molecular complexity index is 932. The minimum atomic E-state index is -0.175. The van der Waals surface area contributed by atoms with Gasteiger partial charge in [-0.3, -0.25) is 9.69 Å². The van der Waals surface area contributed by atoms with E-state index in [9.17, 15) is 4.79 Å². The van der Waals surface area contributed by atoms with Crippen LogP contribution in [-0.4, -0.2) is 35.6 Å². The Morgan fingerprint density at radius 2 is 1.74 bits per heavy atom. The molecule has 1 N–H and O–H groups in total. The highest BCUT2D eigenvalue weighted by atomic mass is 16.5. The largest absolute Gasteiger partial charge is 0.360 e. The standard InChI is InChI=1S/C22H23N3O2/c1-15(22(26)23-2)25-13-12-20-19(14-25)21(24-27-20)18-10-8-17(9-11-18)16-6-4-3-5-7-16/h3-11,15H,12-14H2,1-2H3,(H,23,26)/t15-/m0/s1. The second kappa shape index (κ2) is 7.37. The van der Waals surface area contributed by atoms with Gasteiger partial charge in [-0.05, 0) is 18.1 Å². The summed E-state index contributed by atoms with van der Waals surface area (Å²) in [6, 6.07) is 18.5. The van der Waals surface area contributed by atoms with Crippen molar-refractivity contribution < 1.29 is 9.32 Å². The Balaban J connectivity index is 1.60. The molecule has 27 heavy (non-hydrogen) atoms. The number of fused-ring (bicyclic) bond motifs is 1. The van der Waals surface area contributed by atoms with E-state index in [-0.39, 0.29) is 11.9 Å². The monoisotopic (exact) mass is 361 g/mol. The van der Waals surface area contributed by atoms with Gasteiger partial charge in [0.05, 0.1) is 6.04 Å². The van der Waals surface area contributed by atoms with Gasteiger partial charge in [0.2, 0.25) is 5.91 Å². The molecule has 0 aliphatic carbocycles. The molecule has 0 saturated heterocycles. The van der Waals surface area contributed by atoms with Crippen LogP contribution in [0.4, 0.5) is 0 Å². The van der Waals surface area contributed by atoms with Gasteiger partial charge in [0.15, 0.2) is 0 Å². The van der Waals surface area contributed by atoms with Crippen LogP contribution >= 0.6 is 0 Å². The molecule has 1 aliphatic rings. The zero-order valence-electron chi connectivity index (χ0n) is 15.6. The first kappa shape index (κ1) is 17.5. The minimum absolute atomic E-state index is 0.0312. The lowest BCUT2D eigenvalue weighted by atomic mass is 9.98. The number of carbonyl (C=O) groups excluding carboxylic acids is 1. The summed E-state index contributed by atoms with van der Waals surface area (Å²) in [6.07, 6.45) is 0.770. The van der Waals surface area contributed by atoms with Gasteiger partial charge in [-0.25, -0.2) is 0 Å². The fourth-order valence-corrected chi connectivity index (χ4v) is 3.61. The van der Waals surface area contributed by atoms with E-state index in [0.717, 1.165) is 35.5 Å². The smallest absolute Gasteiger partial charge is 0.236 e. The normalized spacial score (nSPS) is 15.2. The zero-order valence-corrected chi connectivity index (χ0v) is 15.6. The van der Waals surface area contributed by atoms with Gasteiger partial charge in [0.25, 0.3) is 0 Å². The van der Waals surface area contributed by atoms with Gasteiger partial charge in [-0.1, -0.05) is 59.8 Å². The molecular weight excluding hydrogens is 338 g/mol. The summed E-state index contributed by atoms with van der Waals surface area (Å²) in [4.78, 5) is 14.2. The Morgan fingerprint density at radius 3 is 2.44 bits per heavy atom. The number of nitrogens with zero attached hydrogens (tertiary/aromatic N) is 2. The van der Waals surface area contributed by atoms with Crippen molar-refractivity contribution in [1.29, 1.82) is 0 Å². The Labute approximate surface area is 159 Å². The maximum atomic E-state index is 12.0. The summed E-state index contributed by atoms with van der Waals surface area (Å²) in [5.74, 6) is 0.959. The summed E-state index contributed by atoms with van der Waals surface area (Å²) >= 11 is 0. The molecule has 0 spiro atoms. The second-order valence-electron chi connectivity index (χ2n) is 6.89. The summed E-state index contributed by atoms with van der Waals surface area (Å²) < 4.78 is 5.59. The maximum Gasteiger partial charge on any atom is 0.236 e. The minimum Gasteiger partial charge on any atom is -0.360 e. The fourth-order valence-electron chi connectivity index (χ4n) is 3.61. The molecule has 1 amide bonds. The van der Waals surface area contributed by atoms with Crippen LogP contribution in [0.5, 0.6) is 0 Å². The number of likely N-dealkylation sites (N-methyl/N-ethyl adjacent to an activating group) is 1. The highest BCUT2D eigenvalue weighted by molar-refractivity contribution is 5.81. The molecule has 2 aromatic carbocycles. The molecule has 3 aromatic rings. The molecule has 1 aliphatic heterocycles. The average Bonchev–Trinajstić information content (AvgIpc) is 3.16. The van der Waals surface area contributed by atoms with Crippen LogP contribution in [0.15, 0.2) is 59.1 Å². The Morgan fingerprint density at radius 1 is 1.07 bits per heavy atom. The summed E-state index contributed by atoms with van der Waals surface area (Å²) in [5.41, 5.74) is 5.36. The van der Waals surface area contributed by atoms with Crippen LogP contribution in [-0.2, 0) is 17.8 Å². The molecule has 5 heteroatoms. The van der Waals surface area contributed by atoms with Crippen LogP contribution in [0.1, 0.15) is 18.2 Å². The predicted octanol–water partition coefficient (Wildman–Crippen LogP) is 3.50. The SMILES string of the molecule is CNC(=O)[C@H](C)N1CCc2onc(-c3ccc(-c4ccccc4)cc3)c2C1. The van der Waals surface area contributed by atoms with E-state index < -0.39 is 0 Å². The van der Waals surface area contributed by atoms with E-state index in [1.807, 2.05) is 25.1 Å². The highest BCUT2D eigenvalue weighted by Crippen LogP contribution is 2.32. The van der Waals surface area contributed by atoms with Crippen molar-refractivity contribution in [2.45, 2.75) is 25.9 Å². The zero-order chi connectivity index (χ0) is 18.8. The number of nitrogens with one attached hydrogen (secondary N) is 1. The van der Waals surface area contributed by atoms with Crippen molar-refractivity contribution in [3.05, 3.63) is 65.9 Å². The number of carbonyl (C=O) groups is 1. The summed E-state index contributed by atoms with van der Waals surface area (Å²) in [7, 11) is 1.67. The lowest BCUT2D eigenvalue weighted by Gasteiger charge is -2.30. The molecule has 0 unspecified atom stereocenters. The molecule has 138 valence electrons. The molecule has 1 atom stereocenters. The van der Waals surface area contributed by atoms with Crippen molar-refractivity contribution in [2.75, 3.05) is 13.6 Å². The van der Waals surface area contributed by atoms with E-state index in [1.54, 1.807) is 7.05 Å². The van der Waals surface area contributed by atoms with Gasteiger partial charge in [-0.2, -0.15) is 0 Å². The molecule has 0 fully saturated rings. The van der Waals surface area contributed by atoms with Gasteiger partial charge >= 0.3 is 0 Å². The Hall–Kier alpha value is -2.92. The third-order valence-electron chi connectivity index (χ3n) is 5.30. The summed E-state index contributed by atoms with van der Waals surface area (Å²) in [5, 5.41) is 7.06. The molecule has 4 rings (SSSR count). The molecule has 0 saturated carbocycles. The van der Waals surface area contributed by atoms with Crippen molar-refractivity contribution >= 4 is 5.91 Å². The van der Waals surface area contributed by atoms with Gasteiger partial charge in [0, 0.05) is 37.7 Å². The van der Waals surface area contributed by atoms with Crippen LogP contribution in [0, 0.1) is 0 Å². The van der Waals surface area contributed by atoms with Crippen LogP contribution in [0.25, 0.3) is 22.4 Å².